The van der Waals surface area contributed by atoms with Crippen LogP contribution in [0.3, 0.4) is 0 Å². The number of rotatable bonds is 6. The number of nitrogens with two attached hydrogens (primary N) is 1. The number of piperidine rings is 1. The zero-order chi connectivity index (χ0) is 27.7. The molecule has 0 spiro atoms. The number of carbonyl (C=O) groups is 2. The van der Waals surface area contributed by atoms with Gasteiger partial charge in [0.2, 0.25) is 17.8 Å². The van der Waals surface area contributed by atoms with Crippen LogP contribution in [0, 0.1) is 11.7 Å². The van der Waals surface area contributed by atoms with Crippen LogP contribution in [0.2, 0.25) is 10.0 Å². The minimum absolute atomic E-state index is 0.0181. The highest BCUT2D eigenvalue weighted by Crippen LogP contribution is 2.38. The molecule has 208 valence electrons. The van der Waals surface area contributed by atoms with Crippen LogP contribution in [-0.4, -0.2) is 62.5 Å². The van der Waals surface area contributed by atoms with Gasteiger partial charge < -0.3 is 26.6 Å². The van der Waals surface area contributed by atoms with Crippen molar-refractivity contribution < 1.29 is 14.0 Å². The third-order valence-electron chi connectivity index (χ3n) is 7.40. The Balaban J connectivity index is 1.48. The van der Waals surface area contributed by atoms with Gasteiger partial charge in [-0.3, -0.25) is 9.36 Å². The van der Waals surface area contributed by atoms with E-state index in [1.165, 1.54) is 12.1 Å². The summed E-state index contributed by atoms with van der Waals surface area (Å²) >= 11 is 12.3. The Morgan fingerprint density at radius 3 is 2.59 bits per heavy atom. The number of imidazole rings is 1. The maximum absolute atomic E-state index is 14.8. The van der Waals surface area contributed by atoms with Gasteiger partial charge in [-0.25, -0.2) is 19.2 Å². The summed E-state index contributed by atoms with van der Waals surface area (Å²) in [6.07, 6.45) is 5.93. The second kappa shape index (κ2) is 11.4. The van der Waals surface area contributed by atoms with E-state index < -0.39 is 5.82 Å². The molecule has 3 aromatic rings. The molecule has 0 bridgehead atoms. The van der Waals surface area contributed by atoms with Crippen LogP contribution >= 0.6 is 23.2 Å². The first kappa shape index (κ1) is 27.2. The molecular weight excluding hydrogens is 548 g/mol. The fourth-order valence-electron chi connectivity index (χ4n) is 5.41. The van der Waals surface area contributed by atoms with Gasteiger partial charge in [0.25, 0.3) is 0 Å². The standard InChI is InChI=1S/C25H30Cl2FN9O2/c1-30-25(39)36-8-2-3-15(12-36)32-23-31-11-19-22(35-23)37(16-6-4-13(5-7-16)21(29)38)24(33-19)34-20-17(27)9-14(26)10-18(20)28/h9-11,13,15-16H,2-8,12H2,1H3,(H2,29,38)(H,30,39)(H,33,34)(H,31,32,35)/t13-,15?,16+. The number of nitrogens with one attached hydrogen (secondary N) is 3. The van der Waals surface area contributed by atoms with Crippen LogP contribution in [0.25, 0.3) is 11.2 Å². The zero-order valence-corrected chi connectivity index (χ0v) is 22.9. The molecule has 1 aliphatic heterocycles. The molecule has 5 rings (SSSR count). The normalized spacial score (nSPS) is 21.5. The SMILES string of the molecule is CNC(=O)N1CCCC(Nc2ncc3nc(Nc4c(F)cc(Cl)cc4Cl)n([C@H]4CC[C@@H](C(N)=O)CC4)c3n2)C1. The number of carbonyl (C=O) groups excluding carboxylic acids is 2. The number of urea groups is 1. The first-order valence-corrected chi connectivity index (χ1v) is 13.7. The summed E-state index contributed by atoms with van der Waals surface area (Å²) in [7, 11) is 1.61. The molecule has 11 nitrogen and oxygen atoms in total. The van der Waals surface area contributed by atoms with E-state index in [4.69, 9.17) is 33.9 Å². The van der Waals surface area contributed by atoms with Gasteiger partial charge in [0, 0.05) is 43.2 Å². The lowest BCUT2D eigenvalue weighted by atomic mass is 9.85. The summed E-state index contributed by atoms with van der Waals surface area (Å²) in [5, 5.41) is 9.36. The highest BCUT2D eigenvalue weighted by Gasteiger charge is 2.30. The molecule has 3 amide bonds. The largest absolute Gasteiger partial charge is 0.369 e. The average molecular weight is 578 g/mol. The summed E-state index contributed by atoms with van der Waals surface area (Å²) in [6.45, 7) is 1.22. The van der Waals surface area contributed by atoms with Crippen molar-refractivity contribution in [3.8, 4) is 0 Å². The summed E-state index contributed by atoms with van der Waals surface area (Å²) in [5.74, 6) is -0.345. The zero-order valence-electron chi connectivity index (χ0n) is 21.4. The molecule has 2 aromatic heterocycles. The van der Waals surface area contributed by atoms with Crippen molar-refractivity contribution in [3.05, 3.63) is 34.2 Å². The number of likely N-dealkylation sites (tertiary alicyclic amines) is 1. The summed E-state index contributed by atoms with van der Waals surface area (Å²) < 4.78 is 16.7. The van der Waals surface area contributed by atoms with Gasteiger partial charge >= 0.3 is 6.03 Å². The molecule has 1 aliphatic carbocycles. The summed E-state index contributed by atoms with van der Waals surface area (Å²) in [4.78, 5) is 39.5. The molecule has 2 aliphatic rings. The van der Waals surface area contributed by atoms with E-state index in [9.17, 15) is 14.0 Å². The van der Waals surface area contributed by atoms with Crippen LogP contribution < -0.4 is 21.7 Å². The Kier molecular flexibility index (Phi) is 7.94. The minimum atomic E-state index is -0.616. The number of fused-ring (bicyclic) bond motifs is 1. The maximum Gasteiger partial charge on any atom is 0.317 e. The quantitative estimate of drug-likeness (QED) is 0.339. The van der Waals surface area contributed by atoms with Gasteiger partial charge in [0.1, 0.15) is 11.3 Å². The topological polar surface area (TPSA) is 143 Å². The van der Waals surface area contributed by atoms with E-state index >= 15 is 0 Å². The Labute approximate surface area is 234 Å². The van der Waals surface area contributed by atoms with Crippen molar-refractivity contribution in [2.24, 2.45) is 11.7 Å². The molecule has 5 N–H and O–H groups in total. The second-order valence-electron chi connectivity index (χ2n) is 9.97. The molecule has 3 heterocycles. The van der Waals surface area contributed by atoms with Crippen molar-refractivity contribution in [2.45, 2.75) is 50.6 Å². The number of halogens is 3. The predicted octanol–water partition coefficient (Wildman–Crippen LogP) is 4.45. The van der Waals surface area contributed by atoms with E-state index in [1.54, 1.807) is 18.1 Å². The van der Waals surface area contributed by atoms with Crippen molar-refractivity contribution in [2.75, 3.05) is 30.8 Å². The number of hydrogen-bond donors (Lipinski definition) is 4. The number of benzene rings is 1. The number of anilines is 3. The molecule has 0 radical (unpaired) electrons. The maximum atomic E-state index is 14.8. The average Bonchev–Trinajstić information content (AvgIpc) is 3.27. The van der Waals surface area contributed by atoms with Crippen LogP contribution in [0.15, 0.2) is 18.3 Å². The molecule has 1 atom stereocenters. The van der Waals surface area contributed by atoms with Crippen molar-refractivity contribution in [1.82, 2.24) is 29.7 Å². The monoisotopic (exact) mass is 577 g/mol. The van der Waals surface area contributed by atoms with Gasteiger partial charge in [-0.2, -0.15) is 4.98 Å². The van der Waals surface area contributed by atoms with Crippen LogP contribution in [-0.2, 0) is 4.79 Å². The Bertz CT molecular complexity index is 1370. The molecule has 1 saturated heterocycles. The fourth-order valence-corrected chi connectivity index (χ4v) is 5.92. The van der Waals surface area contributed by atoms with Gasteiger partial charge in [-0.1, -0.05) is 23.2 Å². The number of primary amides is 1. The molecule has 39 heavy (non-hydrogen) atoms. The Hall–Kier alpha value is -3.38. The predicted molar refractivity (Wildman–Crippen MR) is 148 cm³/mol. The smallest absolute Gasteiger partial charge is 0.317 e. The lowest BCUT2D eigenvalue weighted by molar-refractivity contribution is -0.122. The van der Waals surface area contributed by atoms with Crippen LogP contribution in [0.4, 0.5) is 26.8 Å². The number of nitrogens with zero attached hydrogens (tertiary/aromatic N) is 5. The third-order valence-corrected chi connectivity index (χ3v) is 7.91. The number of amides is 3. The summed E-state index contributed by atoms with van der Waals surface area (Å²) in [6, 6.07) is 2.42. The third kappa shape index (κ3) is 5.81. The molecule has 14 heteroatoms. The first-order chi connectivity index (χ1) is 18.7. The molecule has 2 fully saturated rings. The molecular formula is C25H30Cl2FN9O2. The van der Waals surface area contributed by atoms with E-state index in [-0.39, 0.29) is 45.7 Å². The van der Waals surface area contributed by atoms with Gasteiger partial charge in [-0.05, 0) is 50.7 Å². The molecule has 1 unspecified atom stereocenters. The fraction of sp³-hybridized carbons (Fsp3) is 0.480. The first-order valence-electron chi connectivity index (χ1n) is 12.9. The number of aromatic nitrogens is 4. The number of hydrogen-bond acceptors (Lipinski definition) is 7. The van der Waals surface area contributed by atoms with Crippen molar-refractivity contribution in [1.29, 1.82) is 0 Å². The minimum Gasteiger partial charge on any atom is -0.369 e. The van der Waals surface area contributed by atoms with Gasteiger partial charge in [-0.15, -0.1) is 0 Å². The van der Waals surface area contributed by atoms with Gasteiger partial charge in [0.15, 0.2) is 5.65 Å². The summed E-state index contributed by atoms with van der Waals surface area (Å²) in [5.41, 5.74) is 6.67. The lowest BCUT2D eigenvalue weighted by Crippen LogP contribution is -2.48. The lowest BCUT2D eigenvalue weighted by Gasteiger charge is -2.32. The second-order valence-corrected chi connectivity index (χ2v) is 10.8. The van der Waals surface area contributed by atoms with Crippen molar-refractivity contribution >= 4 is 63.9 Å². The highest BCUT2D eigenvalue weighted by molar-refractivity contribution is 6.36. The molecule has 1 saturated carbocycles. The van der Waals surface area contributed by atoms with E-state index in [1.807, 2.05) is 4.57 Å². The van der Waals surface area contributed by atoms with E-state index in [2.05, 4.69) is 25.9 Å². The van der Waals surface area contributed by atoms with E-state index in [0.717, 1.165) is 12.8 Å². The van der Waals surface area contributed by atoms with Crippen LogP contribution in [0.1, 0.15) is 44.6 Å². The van der Waals surface area contributed by atoms with Gasteiger partial charge in [0.05, 0.1) is 16.9 Å². The Morgan fingerprint density at radius 1 is 1.13 bits per heavy atom. The molecule has 1 aromatic carbocycles. The van der Waals surface area contributed by atoms with E-state index in [0.29, 0.717) is 61.8 Å². The Morgan fingerprint density at radius 2 is 1.90 bits per heavy atom. The van der Waals surface area contributed by atoms with Crippen LogP contribution in [0.5, 0.6) is 0 Å². The van der Waals surface area contributed by atoms with Crippen molar-refractivity contribution in [3.63, 3.8) is 0 Å². The highest BCUT2D eigenvalue weighted by atomic mass is 35.5.